The third kappa shape index (κ3) is 4.30. The fourth-order valence-corrected chi connectivity index (χ4v) is 4.11. The van der Waals surface area contributed by atoms with Crippen LogP contribution >= 0.6 is 11.6 Å². The molecule has 0 bridgehead atoms. The van der Waals surface area contributed by atoms with E-state index in [1.807, 2.05) is 0 Å². The van der Waals surface area contributed by atoms with Gasteiger partial charge in [0.05, 0.1) is 0 Å². The van der Waals surface area contributed by atoms with Gasteiger partial charge in [-0.25, -0.2) is 0 Å². The highest BCUT2D eigenvalue weighted by atomic mass is 35.5. The molecule has 0 aromatic rings. The van der Waals surface area contributed by atoms with Crippen molar-refractivity contribution in [1.82, 2.24) is 5.32 Å². The van der Waals surface area contributed by atoms with Gasteiger partial charge in [-0.3, -0.25) is 11.1 Å². The first-order chi connectivity index (χ1) is 9.08. The van der Waals surface area contributed by atoms with E-state index in [1.54, 1.807) is 0 Å². The zero-order chi connectivity index (χ0) is 13.8. The number of nitrogens with two attached hydrogens (primary N) is 2. The summed E-state index contributed by atoms with van der Waals surface area (Å²) in [6, 6.07) is 0.471. The van der Waals surface area contributed by atoms with Crippen LogP contribution in [0.2, 0.25) is 0 Å². The zero-order valence-corrected chi connectivity index (χ0v) is 12.4. The van der Waals surface area contributed by atoms with E-state index in [0.717, 1.165) is 38.5 Å². The summed E-state index contributed by atoms with van der Waals surface area (Å²) >= 11 is 6.17. The molecule has 0 aliphatic heterocycles. The van der Waals surface area contributed by atoms with Crippen LogP contribution in [-0.4, -0.2) is 28.9 Å². The summed E-state index contributed by atoms with van der Waals surface area (Å²) in [5.41, 5.74) is 12.0. The van der Waals surface area contributed by atoms with Gasteiger partial charge in [-0.15, -0.1) is 11.6 Å². The molecule has 2 rings (SSSR count). The molecule has 19 heavy (non-hydrogen) atoms. The monoisotopic (exact) mass is 289 g/mol. The molecule has 0 heterocycles. The van der Waals surface area contributed by atoms with Crippen molar-refractivity contribution in [3.8, 4) is 0 Å². The number of aliphatic hydroxyl groups excluding tert-OH is 1. The first-order valence-corrected chi connectivity index (χ1v) is 8.11. The summed E-state index contributed by atoms with van der Waals surface area (Å²) in [5, 5.41) is 12.8. The van der Waals surface area contributed by atoms with Gasteiger partial charge < -0.3 is 10.8 Å². The quantitative estimate of drug-likeness (QED) is 0.467. The van der Waals surface area contributed by atoms with Crippen molar-refractivity contribution >= 4 is 11.6 Å². The van der Waals surface area contributed by atoms with E-state index in [4.69, 9.17) is 23.1 Å². The van der Waals surface area contributed by atoms with E-state index in [9.17, 15) is 5.11 Å². The third-order valence-electron chi connectivity index (χ3n) is 4.94. The summed E-state index contributed by atoms with van der Waals surface area (Å²) in [6.07, 6.45) is 8.17. The van der Waals surface area contributed by atoms with Crippen LogP contribution in [0, 0.1) is 11.8 Å². The van der Waals surface area contributed by atoms with Crippen LogP contribution in [0.4, 0.5) is 0 Å². The fraction of sp³-hybridized carbons (Fsp3) is 1.00. The largest absolute Gasteiger partial charge is 0.366 e. The first-order valence-electron chi connectivity index (χ1n) is 7.67. The number of halogens is 1. The Kier molecular flexibility index (Phi) is 5.90. The summed E-state index contributed by atoms with van der Waals surface area (Å²) in [7, 11) is 0. The minimum Gasteiger partial charge on any atom is -0.366 e. The average molecular weight is 290 g/mol. The predicted octanol–water partition coefficient (Wildman–Crippen LogP) is 1.49. The molecule has 0 spiro atoms. The van der Waals surface area contributed by atoms with Crippen LogP contribution in [0.1, 0.15) is 51.4 Å². The Labute approximate surface area is 121 Å². The second-order valence-corrected chi connectivity index (χ2v) is 6.87. The summed E-state index contributed by atoms with van der Waals surface area (Å²) in [4.78, 5) is 0. The van der Waals surface area contributed by atoms with Crippen molar-refractivity contribution in [2.75, 3.05) is 0 Å². The van der Waals surface area contributed by atoms with Gasteiger partial charge >= 0.3 is 0 Å². The second-order valence-electron chi connectivity index (χ2n) is 6.26. The minimum absolute atomic E-state index is 0.209. The Morgan fingerprint density at radius 2 is 1.63 bits per heavy atom. The van der Waals surface area contributed by atoms with Gasteiger partial charge in [-0.05, 0) is 50.4 Å². The topological polar surface area (TPSA) is 84.3 Å². The number of alkyl halides is 1. The summed E-state index contributed by atoms with van der Waals surface area (Å²) in [6.45, 7) is 0. The second kappa shape index (κ2) is 7.23. The van der Waals surface area contributed by atoms with E-state index in [0.29, 0.717) is 17.2 Å². The highest BCUT2D eigenvalue weighted by Crippen LogP contribution is 2.36. The number of aliphatic hydroxyl groups is 1. The van der Waals surface area contributed by atoms with Crippen molar-refractivity contribution in [3.05, 3.63) is 0 Å². The van der Waals surface area contributed by atoms with Gasteiger partial charge in [0.25, 0.3) is 0 Å². The summed E-state index contributed by atoms with van der Waals surface area (Å²) in [5.74, 6) is 1.01. The molecule has 4 atom stereocenters. The maximum absolute atomic E-state index is 9.36. The van der Waals surface area contributed by atoms with Crippen molar-refractivity contribution in [2.24, 2.45) is 23.3 Å². The highest BCUT2D eigenvalue weighted by molar-refractivity contribution is 6.20. The lowest BCUT2D eigenvalue weighted by Crippen LogP contribution is -2.54. The Bertz CT molecular complexity index is 269. The number of hydrogen-bond acceptors (Lipinski definition) is 4. The van der Waals surface area contributed by atoms with Crippen LogP contribution in [0.25, 0.3) is 0 Å². The Balaban J connectivity index is 1.92. The summed E-state index contributed by atoms with van der Waals surface area (Å²) < 4.78 is 0. The predicted molar refractivity (Wildman–Crippen MR) is 78.7 cm³/mol. The van der Waals surface area contributed by atoms with Crippen LogP contribution in [-0.2, 0) is 0 Å². The number of rotatable bonds is 4. The van der Waals surface area contributed by atoms with E-state index >= 15 is 0 Å². The smallest absolute Gasteiger partial charge is 0.158 e. The Hall–Kier alpha value is 0.130. The molecule has 0 radical (unpaired) electrons. The normalized spacial score (nSPS) is 39.8. The Morgan fingerprint density at radius 3 is 2.26 bits per heavy atom. The minimum atomic E-state index is -0.934. The molecule has 0 aromatic carbocycles. The molecule has 6 N–H and O–H groups in total. The SMILES string of the molecule is NC(C1CCC(Cl)CC1)C1CCCCC1N[C@@H](N)O. The molecule has 2 aliphatic rings. The van der Waals surface area contributed by atoms with Gasteiger partial charge in [0.1, 0.15) is 0 Å². The van der Waals surface area contributed by atoms with Crippen LogP contribution in [0.5, 0.6) is 0 Å². The molecular formula is C14H28ClN3O. The molecule has 0 amide bonds. The van der Waals surface area contributed by atoms with Gasteiger partial charge in [-0.1, -0.05) is 12.8 Å². The van der Waals surface area contributed by atoms with Gasteiger partial charge in [-0.2, -0.15) is 0 Å². The van der Waals surface area contributed by atoms with Crippen molar-refractivity contribution in [1.29, 1.82) is 0 Å². The molecule has 112 valence electrons. The zero-order valence-electron chi connectivity index (χ0n) is 11.6. The Morgan fingerprint density at radius 1 is 1.00 bits per heavy atom. The first kappa shape index (κ1) is 15.5. The molecule has 0 saturated heterocycles. The lowest BCUT2D eigenvalue weighted by atomic mass is 9.72. The molecule has 5 heteroatoms. The number of hydrogen-bond donors (Lipinski definition) is 4. The molecule has 0 aromatic heterocycles. The van der Waals surface area contributed by atoms with Crippen LogP contribution in [0.3, 0.4) is 0 Å². The number of nitrogens with one attached hydrogen (secondary N) is 1. The van der Waals surface area contributed by atoms with E-state index < -0.39 is 6.35 Å². The molecule has 2 saturated carbocycles. The fourth-order valence-electron chi connectivity index (χ4n) is 3.86. The van der Waals surface area contributed by atoms with Crippen molar-refractivity contribution < 1.29 is 5.11 Å². The highest BCUT2D eigenvalue weighted by Gasteiger charge is 2.35. The maximum atomic E-state index is 9.36. The lowest BCUT2D eigenvalue weighted by Gasteiger charge is -2.41. The van der Waals surface area contributed by atoms with Gasteiger partial charge in [0.15, 0.2) is 6.35 Å². The molecule has 2 aliphatic carbocycles. The van der Waals surface area contributed by atoms with Crippen LogP contribution in [0.15, 0.2) is 0 Å². The van der Waals surface area contributed by atoms with Crippen molar-refractivity contribution in [2.45, 2.75) is 75.2 Å². The van der Waals surface area contributed by atoms with Gasteiger partial charge in [0.2, 0.25) is 0 Å². The molecule has 4 nitrogen and oxygen atoms in total. The lowest BCUT2D eigenvalue weighted by molar-refractivity contribution is 0.0837. The third-order valence-corrected chi connectivity index (χ3v) is 5.38. The standard InChI is InChI=1S/C14H28ClN3O/c15-10-7-5-9(6-8-10)13(16)11-3-1-2-4-12(11)18-14(17)19/h9-14,18-19H,1-8,16-17H2/t9?,10?,11?,12?,13?,14-/m1/s1. The molecule has 3 unspecified atom stereocenters. The van der Waals surface area contributed by atoms with E-state index in [1.165, 1.54) is 12.8 Å². The van der Waals surface area contributed by atoms with Gasteiger partial charge in [0, 0.05) is 17.5 Å². The molecule has 2 fully saturated rings. The molecular weight excluding hydrogens is 262 g/mol. The maximum Gasteiger partial charge on any atom is 0.158 e. The van der Waals surface area contributed by atoms with Crippen molar-refractivity contribution in [3.63, 3.8) is 0 Å². The average Bonchev–Trinajstić information content (AvgIpc) is 2.39. The van der Waals surface area contributed by atoms with E-state index in [-0.39, 0.29) is 12.1 Å². The van der Waals surface area contributed by atoms with E-state index in [2.05, 4.69) is 5.32 Å². The van der Waals surface area contributed by atoms with Crippen LogP contribution < -0.4 is 16.8 Å².